The molecule has 9 heteroatoms. The number of hydrogen-bond donors (Lipinski definition) is 4. The lowest BCUT2D eigenvalue weighted by atomic mass is 9.98. The Morgan fingerprint density at radius 3 is 2.96 bits per heavy atom. The fourth-order valence-electron chi connectivity index (χ4n) is 3.37. The summed E-state index contributed by atoms with van der Waals surface area (Å²) in [7, 11) is 0. The van der Waals surface area contributed by atoms with E-state index in [0.29, 0.717) is 22.6 Å². The van der Waals surface area contributed by atoms with Crippen LogP contribution in [0, 0.1) is 0 Å². The fraction of sp³-hybridized carbons (Fsp3) is 0.263. The summed E-state index contributed by atoms with van der Waals surface area (Å²) in [6, 6.07) is 5.82. The van der Waals surface area contributed by atoms with Crippen molar-refractivity contribution in [1.82, 2.24) is 30.1 Å². The third-order valence-electron chi connectivity index (χ3n) is 5.09. The van der Waals surface area contributed by atoms with E-state index in [1.54, 1.807) is 6.20 Å². The third kappa shape index (κ3) is 3.05. The molecule has 0 bridgehead atoms. The molecule has 0 amide bonds. The molecule has 1 unspecified atom stereocenters. The van der Waals surface area contributed by atoms with E-state index in [-0.39, 0.29) is 11.9 Å². The zero-order valence-corrected chi connectivity index (χ0v) is 16.0. The van der Waals surface area contributed by atoms with Crippen molar-refractivity contribution in [3.63, 3.8) is 0 Å². The molecule has 1 atom stereocenters. The van der Waals surface area contributed by atoms with Crippen LogP contribution >= 0.6 is 11.6 Å². The number of halogens is 1. The standard InChI is InChI=1S/C19H19ClN8/c1-9(17-12(20)6-15-13(24-17)4-5-22-15)11-8-23-19(21)26-18(11)25-16-7-14(27-28-16)10-2-3-10/h4-10,22H,2-3H2,1H3,(H4,21,23,25,26,27,28). The van der Waals surface area contributed by atoms with Crippen LogP contribution in [0.4, 0.5) is 17.6 Å². The molecule has 1 aliphatic rings. The van der Waals surface area contributed by atoms with E-state index in [9.17, 15) is 0 Å². The third-order valence-corrected chi connectivity index (χ3v) is 5.39. The summed E-state index contributed by atoms with van der Waals surface area (Å²) in [5.74, 6) is 1.94. The van der Waals surface area contributed by atoms with Gasteiger partial charge in [0.05, 0.1) is 21.7 Å². The van der Waals surface area contributed by atoms with E-state index < -0.39 is 0 Å². The minimum Gasteiger partial charge on any atom is -0.368 e. The molecular formula is C19H19ClN8. The number of aromatic amines is 2. The molecule has 1 aliphatic carbocycles. The summed E-state index contributed by atoms with van der Waals surface area (Å²) in [5.41, 5.74) is 10.3. The number of rotatable bonds is 5. The number of nitrogens with one attached hydrogen (secondary N) is 3. The van der Waals surface area contributed by atoms with Crippen molar-refractivity contribution in [3.8, 4) is 0 Å². The second kappa shape index (κ2) is 6.49. The Morgan fingerprint density at radius 1 is 1.29 bits per heavy atom. The zero-order valence-electron chi connectivity index (χ0n) is 15.2. The molecule has 5 rings (SSSR count). The smallest absolute Gasteiger partial charge is 0.221 e. The van der Waals surface area contributed by atoms with Crippen LogP contribution < -0.4 is 11.1 Å². The number of nitrogens with two attached hydrogens (primary N) is 1. The van der Waals surface area contributed by atoms with Crippen LogP contribution in [0.3, 0.4) is 0 Å². The fourth-order valence-corrected chi connectivity index (χ4v) is 3.68. The summed E-state index contributed by atoms with van der Waals surface area (Å²) < 4.78 is 0. The Kier molecular flexibility index (Phi) is 3.94. The Balaban J connectivity index is 1.51. The van der Waals surface area contributed by atoms with Crippen molar-refractivity contribution in [3.05, 3.63) is 52.6 Å². The quantitative estimate of drug-likeness (QED) is 0.404. The van der Waals surface area contributed by atoms with E-state index in [4.69, 9.17) is 22.3 Å². The number of nitrogens with zero attached hydrogens (tertiary/aromatic N) is 4. The molecule has 28 heavy (non-hydrogen) atoms. The number of H-pyrrole nitrogens is 2. The number of anilines is 3. The van der Waals surface area contributed by atoms with Gasteiger partial charge in [0, 0.05) is 41.6 Å². The second-order valence-corrected chi connectivity index (χ2v) is 7.53. The predicted octanol–water partition coefficient (Wildman–Crippen LogP) is 4.08. The highest BCUT2D eigenvalue weighted by molar-refractivity contribution is 6.31. The number of hydrogen-bond acceptors (Lipinski definition) is 6. The van der Waals surface area contributed by atoms with Crippen LogP contribution in [0.15, 0.2) is 30.6 Å². The lowest BCUT2D eigenvalue weighted by Gasteiger charge is -2.17. The van der Waals surface area contributed by atoms with Gasteiger partial charge >= 0.3 is 0 Å². The average Bonchev–Trinajstić information content (AvgIpc) is 3.25. The lowest BCUT2D eigenvalue weighted by Crippen LogP contribution is -2.09. The normalized spacial score (nSPS) is 15.1. The molecule has 142 valence electrons. The average molecular weight is 395 g/mol. The Hall–Kier alpha value is -3.13. The van der Waals surface area contributed by atoms with Gasteiger partial charge < -0.3 is 16.0 Å². The van der Waals surface area contributed by atoms with Gasteiger partial charge in [-0.15, -0.1) is 0 Å². The zero-order chi connectivity index (χ0) is 19.3. The van der Waals surface area contributed by atoms with Crippen LogP contribution in [-0.4, -0.2) is 30.1 Å². The molecule has 0 radical (unpaired) electrons. The van der Waals surface area contributed by atoms with E-state index in [1.807, 2.05) is 31.3 Å². The summed E-state index contributed by atoms with van der Waals surface area (Å²) in [6.07, 6.45) is 5.96. The molecular weight excluding hydrogens is 376 g/mol. The molecule has 1 fully saturated rings. The highest BCUT2D eigenvalue weighted by Crippen LogP contribution is 2.40. The van der Waals surface area contributed by atoms with Crippen molar-refractivity contribution in [2.75, 3.05) is 11.1 Å². The second-order valence-electron chi connectivity index (χ2n) is 7.13. The van der Waals surface area contributed by atoms with Crippen molar-refractivity contribution in [1.29, 1.82) is 0 Å². The maximum absolute atomic E-state index is 6.51. The van der Waals surface area contributed by atoms with Crippen LogP contribution in [-0.2, 0) is 0 Å². The first-order chi connectivity index (χ1) is 13.6. The summed E-state index contributed by atoms with van der Waals surface area (Å²) in [4.78, 5) is 16.4. The number of pyridine rings is 1. The van der Waals surface area contributed by atoms with Gasteiger partial charge in [-0.1, -0.05) is 18.5 Å². The molecule has 0 spiro atoms. The maximum atomic E-state index is 6.51. The van der Waals surface area contributed by atoms with E-state index in [2.05, 4.69) is 30.5 Å². The van der Waals surface area contributed by atoms with Crippen molar-refractivity contribution in [2.24, 2.45) is 0 Å². The first kappa shape index (κ1) is 17.0. The van der Waals surface area contributed by atoms with Gasteiger partial charge in [0.2, 0.25) is 5.95 Å². The lowest BCUT2D eigenvalue weighted by molar-refractivity contribution is 0.865. The van der Waals surface area contributed by atoms with Gasteiger partial charge in [-0.3, -0.25) is 5.10 Å². The minimum absolute atomic E-state index is 0.142. The summed E-state index contributed by atoms with van der Waals surface area (Å²) >= 11 is 6.51. The van der Waals surface area contributed by atoms with Gasteiger partial charge in [-0.2, -0.15) is 10.1 Å². The highest BCUT2D eigenvalue weighted by Gasteiger charge is 2.26. The van der Waals surface area contributed by atoms with Crippen molar-refractivity contribution < 1.29 is 0 Å². The molecule has 0 saturated heterocycles. The van der Waals surface area contributed by atoms with Crippen LogP contribution in [0.2, 0.25) is 5.02 Å². The number of aromatic nitrogens is 6. The van der Waals surface area contributed by atoms with Crippen molar-refractivity contribution in [2.45, 2.75) is 31.6 Å². The minimum atomic E-state index is -0.142. The number of fused-ring (bicyclic) bond motifs is 1. The van der Waals surface area contributed by atoms with Gasteiger partial charge in [-0.25, -0.2) is 9.97 Å². The summed E-state index contributed by atoms with van der Waals surface area (Å²) in [5, 5.41) is 11.3. The van der Waals surface area contributed by atoms with Crippen molar-refractivity contribution >= 4 is 40.2 Å². The summed E-state index contributed by atoms with van der Waals surface area (Å²) in [6.45, 7) is 2.02. The Bertz CT molecular complexity index is 1160. The van der Waals surface area contributed by atoms with Crippen LogP contribution in [0.1, 0.15) is 48.6 Å². The largest absolute Gasteiger partial charge is 0.368 e. The van der Waals surface area contributed by atoms with Gasteiger partial charge in [0.25, 0.3) is 0 Å². The monoisotopic (exact) mass is 394 g/mol. The van der Waals surface area contributed by atoms with E-state index >= 15 is 0 Å². The first-order valence-electron chi connectivity index (χ1n) is 9.17. The molecule has 0 aliphatic heterocycles. The Labute approximate surface area is 166 Å². The number of nitrogen functional groups attached to an aromatic ring is 1. The topological polar surface area (TPSA) is 121 Å². The van der Waals surface area contributed by atoms with Crippen LogP contribution in [0.25, 0.3) is 11.0 Å². The predicted molar refractivity (Wildman–Crippen MR) is 109 cm³/mol. The SMILES string of the molecule is CC(c1cnc(N)nc1Nc1cc(C2CC2)[nH]n1)c1nc2cc[nH]c2cc1Cl. The molecule has 5 N–H and O–H groups in total. The molecule has 0 aromatic carbocycles. The van der Waals surface area contributed by atoms with Gasteiger partial charge in [0.1, 0.15) is 5.82 Å². The van der Waals surface area contributed by atoms with Crippen LogP contribution in [0.5, 0.6) is 0 Å². The highest BCUT2D eigenvalue weighted by atomic mass is 35.5. The molecule has 4 heterocycles. The van der Waals surface area contributed by atoms with E-state index in [0.717, 1.165) is 28.0 Å². The van der Waals surface area contributed by atoms with Gasteiger partial charge in [-0.05, 0) is 25.0 Å². The van der Waals surface area contributed by atoms with Gasteiger partial charge in [0.15, 0.2) is 5.82 Å². The first-order valence-corrected chi connectivity index (χ1v) is 9.54. The molecule has 4 aromatic rings. The molecule has 4 aromatic heterocycles. The molecule has 1 saturated carbocycles. The Morgan fingerprint density at radius 2 is 2.14 bits per heavy atom. The maximum Gasteiger partial charge on any atom is 0.221 e. The molecule has 8 nitrogen and oxygen atoms in total. The van der Waals surface area contributed by atoms with E-state index in [1.165, 1.54) is 12.8 Å².